The number of ether oxygens (including phenoxy) is 1. The highest BCUT2D eigenvalue weighted by Crippen LogP contribution is 2.28. The molecule has 2 fully saturated rings. The summed E-state index contributed by atoms with van der Waals surface area (Å²) in [6.45, 7) is 11.0. The molecule has 2 rings (SSSR count). The second kappa shape index (κ2) is 8.16. The van der Waals surface area contributed by atoms with Gasteiger partial charge in [0, 0.05) is 12.6 Å². The van der Waals surface area contributed by atoms with Gasteiger partial charge in [-0.1, -0.05) is 0 Å². The fourth-order valence-electron chi connectivity index (χ4n) is 2.90. The molecule has 5 heteroatoms. The zero-order chi connectivity index (χ0) is 16.0. The molecule has 2 aliphatic rings. The fraction of sp³-hybridized carbons (Fsp3) is 0.941. The second-order valence-corrected chi connectivity index (χ2v) is 7.66. The van der Waals surface area contributed by atoms with Crippen LogP contribution in [0, 0.1) is 5.92 Å². The maximum absolute atomic E-state index is 12.2. The summed E-state index contributed by atoms with van der Waals surface area (Å²) in [4.78, 5) is 14.2. The summed E-state index contributed by atoms with van der Waals surface area (Å²) in [7, 11) is 0. The number of nitrogens with zero attached hydrogens (tertiary/aromatic N) is 1. The zero-order valence-electron chi connectivity index (χ0n) is 14.5. The molecule has 0 bridgehead atoms. The van der Waals surface area contributed by atoms with Crippen LogP contribution in [0.2, 0.25) is 0 Å². The largest absolute Gasteiger partial charge is 0.444 e. The van der Waals surface area contributed by atoms with E-state index in [1.165, 1.54) is 12.8 Å². The van der Waals surface area contributed by atoms with Crippen molar-refractivity contribution in [2.75, 3.05) is 32.7 Å². The number of hydrogen-bond donors (Lipinski definition) is 2. The standard InChI is InChI=1S/C17H33N3O2/c1-17(2,3)22-16(21)20(15-5-6-15)12-4-9-19-13-14-7-10-18-11-8-14/h14-15,18-19H,4-13H2,1-3H3. The maximum Gasteiger partial charge on any atom is 0.410 e. The monoisotopic (exact) mass is 311 g/mol. The molecule has 0 aromatic rings. The number of carbonyl (C=O) groups excluding carboxylic acids is 1. The summed E-state index contributed by atoms with van der Waals surface area (Å²) in [5.41, 5.74) is -0.405. The van der Waals surface area contributed by atoms with Crippen molar-refractivity contribution in [3.05, 3.63) is 0 Å². The first-order valence-electron chi connectivity index (χ1n) is 8.87. The average molecular weight is 311 g/mol. The Morgan fingerprint density at radius 1 is 1.23 bits per heavy atom. The van der Waals surface area contributed by atoms with Crippen LogP contribution in [-0.2, 0) is 4.74 Å². The molecule has 0 aromatic carbocycles. The van der Waals surface area contributed by atoms with E-state index in [0.29, 0.717) is 6.04 Å². The number of carbonyl (C=O) groups is 1. The Morgan fingerprint density at radius 3 is 2.50 bits per heavy atom. The molecule has 1 saturated carbocycles. The van der Waals surface area contributed by atoms with Crippen LogP contribution in [0.4, 0.5) is 4.79 Å². The quantitative estimate of drug-likeness (QED) is 0.709. The molecular formula is C17H33N3O2. The molecule has 0 atom stereocenters. The van der Waals surface area contributed by atoms with Crippen LogP contribution in [0.25, 0.3) is 0 Å². The van der Waals surface area contributed by atoms with Crippen molar-refractivity contribution in [2.24, 2.45) is 5.92 Å². The van der Waals surface area contributed by atoms with E-state index in [1.54, 1.807) is 0 Å². The van der Waals surface area contributed by atoms with E-state index in [4.69, 9.17) is 4.74 Å². The third-order valence-electron chi connectivity index (χ3n) is 4.26. The molecule has 0 unspecified atom stereocenters. The summed E-state index contributed by atoms with van der Waals surface area (Å²) in [6, 6.07) is 0.416. The zero-order valence-corrected chi connectivity index (χ0v) is 14.5. The van der Waals surface area contributed by atoms with Crippen LogP contribution in [0.3, 0.4) is 0 Å². The molecular weight excluding hydrogens is 278 g/mol. The van der Waals surface area contributed by atoms with Crippen molar-refractivity contribution in [2.45, 2.75) is 64.5 Å². The predicted octanol–water partition coefficient (Wildman–Crippen LogP) is 2.37. The number of hydrogen-bond acceptors (Lipinski definition) is 4. The lowest BCUT2D eigenvalue weighted by atomic mass is 9.98. The minimum atomic E-state index is -0.405. The summed E-state index contributed by atoms with van der Waals surface area (Å²) in [5.74, 6) is 0.812. The minimum absolute atomic E-state index is 0.145. The molecule has 5 nitrogen and oxygen atoms in total. The minimum Gasteiger partial charge on any atom is -0.444 e. The Balaban J connectivity index is 1.61. The second-order valence-electron chi connectivity index (χ2n) is 7.66. The Morgan fingerprint density at radius 2 is 1.91 bits per heavy atom. The van der Waals surface area contributed by atoms with Gasteiger partial charge in [0.15, 0.2) is 0 Å². The highest BCUT2D eigenvalue weighted by atomic mass is 16.6. The van der Waals surface area contributed by atoms with Gasteiger partial charge in [-0.3, -0.25) is 0 Å². The average Bonchev–Trinajstić information content (AvgIpc) is 3.26. The van der Waals surface area contributed by atoms with Crippen LogP contribution in [0.15, 0.2) is 0 Å². The topological polar surface area (TPSA) is 53.6 Å². The van der Waals surface area contributed by atoms with E-state index in [2.05, 4.69) is 10.6 Å². The summed E-state index contributed by atoms with van der Waals surface area (Å²) < 4.78 is 5.51. The Labute approximate surface area is 135 Å². The van der Waals surface area contributed by atoms with Gasteiger partial charge < -0.3 is 20.3 Å². The number of rotatable bonds is 7. The van der Waals surface area contributed by atoms with Crippen molar-refractivity contribution in [1.29, 1.82) is 0 Å². The van der Waals surface area contributed by atoms with Crippen molar-refractivity contribution >= 4 is 6.09 Å². The van der Waals surface area contributed by atoms with Crippen LogP contribution in [-0.4, -0.2) is 55.4 Å². The van der Waals surface area contributed by atoms with Gasteiger partial charge in [-0.25, -0.2) is 4.79 Å². The molecule has 1 amide bonds. The number of nitrogens with one attached hydrogen (secondary N) is 2. The summed E-state index contributed by atoms with van der Waals surface area (Å²) in [5, 5.41) is 6.95. The van der Waals surface area contributed by atoms with E-state index in [-0.39, 0.29) is 6.09 Å². The van der Waals surface area contributed by atoms with Crippen LogP contribution >= 0.6 is 0 Å². The van der Waals surface area contributed by atoms with Gasteiger partial charge >= 0.3 is 6.09 Å². The molecule has 22 heavy (non-hydrogen) atoms. The first-order valence-corrected chi connectivity index (χ1v) is 8.87. The van der Waals surface area contributed by atoms with Crippen molar-refractivity contribution in [3.63, 3.8) is 0 Å². The third-order valence-corrected chi connectivity index (χ3v) is 4.26. The van der Waals surface area contributed by atoms with Gasteiger partial charge in [-0.15, -0.1) is 0 Å². The van der Waals surface area contributed by atoms with E-state index in [1.807, 2.05) is 25.7 Å². The van der Waals surface area contributed by atoms with Gasteiger partial charge in [0.05, 0.1) is 0 Å². The summed E-state index contributed by atoms with van der Waals surface area (Å²) in [6.07, 6.45) is 5.66. The van der Waals surface area contributed by atoms with Crippen molar-refractivity contribution in [1.82, 2.24) is 15.5 Å². The molecule has 0 spiro atoms. The fourth-order valence-corrected chi connectivity index (χ4v) is 2.90. The highest BCUT2D eigenvalue weighted by molar-refractivity contribution is 5.69. The molecule has 1 aliphatic heterocycles. The van der Waals surface area contributed by atoms with Gasteiger partial charge in [-0.05, 0) is 85.0 Å². The van der Waals surface area contributed by atoms with E-state index in [0.717, 1.165) is 57.9 Å². The molecule has 1 aliphatic carbocycles. The van der Waals surface area contributed by atoms with Gasteiger partial charge in [0.25, 0.3) is 0 Å². The Hall–Kier alpha value is -0.810. The lowest BCUT2D eigenvalue weighted by Gasteiger charge is -2.27. The number of piperidine rings is 1. The molecule has 1 saturated heterocycles. The van der Waals surface area contributed by atoms with Crippen molar-refractivity contribution < 1.29 is 9.53 Å². The van der Waals surface area contributed by atoms with E-state index in [9.17, 15) is 4.79 Å². The molecule has 2 N–H and O–H groups in total. The summed E-state index contributed by atoms with van der Waals surface area (Å²) >= 11 is 0. The lowest BCUT2D eigenvalue weighted by molar-refractivity contribution is 0.0232. The lowest BCUT2D eigenvalue weighted by Crippen LogP contribution is -2.40. The SMILES string of the molecule is CC(C)(C)OC(=O)N(CCCNCC1CCNCC1)C1CC1. The van der Waals surface area contributed by atoms with Crippen LogP contribution in [0.5, 0.6) is 0 Å². The highest BCUT2D eigenvalue weighted by Gasteiger charge is 2.34. The first kappa shape index (κ1) is 17.5. The molecule has 1 heterocycles. The Bertz CT molecular complexity index is 344. The van der Waals surface area contributed by atoms with E-state index < -0.39 is 5.60 Å². The smallest absolute Gasteiger partial charge is 0.410 e. The van der Waals surface area contributed by atoms with Crippen LogP contribution in [0.1, 0.15) is 52.9 Å². The van der Waals surface area contributed by atoms with Gasteiger partial charge in [0.1, 0.15) is 5.60 Å². The van der Waals surface area contributed by atoms with Gasteiger partial charge in [0.2, 0.25) is 0 Å². The maximum atomic E-state index is 12.2. The third kappa shape index (κ3) is 6.53. The molecule has 0 radical (unpaired) electrons. The van der Waals surface area contributed by atoms with E-state index >= 15 is 0 Å². The number of amides is 1. The Kier molecular flexibility index (Phi) is 6.50. The van der Waals surface area contributed by atoms with Crippen LogP contribution < -0.4 is 10.6 Å². The molecule has 128 valence electrons. The first-order chi connectivity index (χ1) is 10.5. The normalized spacial score (nSPS) is 20.0. The van der Waals surface area contributed by atoms with Crippen molar-refractivity contribution in [3.8, 4) is 0 Å². The predicted molar refractivity (Wildman–Crippen MR) is 89.0 cm³/mol. The van der Waals surface area contributed by atoms with Gasteiger partial charge in [-0.2, -0.15) is 0 Å². The molecule has 0 aromatic heterocycles.